The molecule has 1 aliphatic rings. The van der Waals surface area contributed by atoms with Crippen molar-refractivity contribution in [2.24, 2.45) is 28.8 Å². The van der Waals surface area contributed by atoms with E-state index < -0.39 is 78.2 Å². The van der Waals surface area contributed by atoms with Crippen LogP contribution in [0.2, 0.25) is 0 Å². The molecular weight excluding hydrogens is 1120 g/mol. The molecule has 2 aromatic carbocycles. The summed E-state index contributed by atoms with van der Waals surface area (Å²) in [4.78, 5) is 116. The predicted molar refractivity (Wildman–Crippen MR) is 327 cm³/mol. The second kappa shape index (κ2) is 34.4. The maximum absolute atomic E-state index is 15.0. The van der Waals surface area contributed by atoms with E-state index in [-0.39, 0.29) is 86.1 Å². The summed E-state index contributed by atoms with van der Waals surface area (Å²) < 4.78 is 28.4. The van der Waals surface area contributed by atoms with Gasteiger partial charge in [0.25, 0.3) is 11.8 Å². The number of piperidine rings is 1. The van der Waals surface area contributed by atoms with Crippen molar-refractivity contribution >= 4 is 64.7 Å². The summed E-state index contributed by atoms with van der Waals surface area (Å²) in [5.74, 6) is -3.16. The first-order valence-electron chi connectivity index (χ1n) is 29.8. The first-order valence-corrected chi connectivity index (χ1v) is 30.7. The van der Waals surface area contributed by atoms with Crippen molar-refractivity contribution in [3.05, 3.63) is 75.7 Å². The van der Waals surface area contributed by atoms with Crippen LogP contribution in [0.1, 0.15) is 167 Å². The molecule has 0 bridgehead atoms. The molecule has 4 rings (SSSR count). The van der Waals surface area contributed by atoms with Crippen LogP contribution in [0.15, 0.2) is 59.0 Å². The van der Waals surface area contributed by atoms with Crippen molar-refractivity contribution in [1.82, 2.24) is 35.3 Å². The number of nitrogens with one attached hydrogen (secondary N) is 2. The first kappa shape index (κ1) is 71.5. The van der Waals surface area contributed by atoms with Crippen LogP contribution >= 0.6 is 11.3 Å². The molecule has 1 fully saturated rings. The third-order valence-electron chi connectivity index (χ3n) is 15.2. The number of benzene rings is 2. The van der Waals surface area contributed by atoms with E-state index in [0.29, 0.717) is 42.2 Å². The van der Waals surface area contributed by atoms with Crippen LogP contribution in [0.3, 0.4) is 0 Å². The summed E-state index contributed by atoms with van der Waals surface area (Å²) in [6, 6.07) is 11.6. The van der Waals surface area contributed by atoms with Gasteiger partial charge in [0.1, 0.15) is 40.4 Å². The van der Waals surface area contributed by atoms with Crippen LogP contribution in [0.4, 0.5) is 4.79 Å². The molecule has 1 saturated heterocycles. The Morgan fingerprint density at radius 1 is 0.860 bits per heavy atom. The van der Waals surface area contributed by atoms with E-state index in [4.69, 9.17) is 33.8 Å². The maximum Gasteiger partial charge on any atom is 0.415 e. The lowest BCUT2D eigenvalue weighted by atomic mass is 9.92. The number of hydrogen-bond donors (Lipinski definition) is 3. The van der Waals surface area contributed by atoms with Gasteiger partial charge in [0.15, 0.2) is 12.8 Å². The lowest BCUT2D eigenvalue weighted by molar-refractivity contribution is -0.161. The van der Waals surface area contributed by atoms with Gasteiger partial charge >= 0.3 is 24.0 Å². The van der Waals surface area contributed by atoms with Gasteiger partial charge in [0, 0.05) is 51.3 Å². The first-order chi connectivity index (χ1) is 40.5. The van der Waals surface area contributed by atoms with Gasteiger partial charge in [-0.25, -0.2) is 14.8 Å². The van der Waals surface area contributed by atoms with Gasteiger partial charge in [-0.05, 0) is 131 Å². The second-order valence-corrected chi connectivity index (χ2v) is 24.8. The van der Waals surface area contributed by atoms with Crippen molar-refractivity contribution < 1.29 is 67.1 Å². The summed E-state index contributed by atoms with van der Waals surface area (Å²) in [6.45, 7) is 22.7. The fraction of sp³-hybridized carbons (Fsp3) is 0.619. The van der Waals surface area contributed by atoms with Gasteiger partial charge in [-0.3, -0.25) is 43.4 Å². The van der Waals surface area contributed by atoms with Crippen molar-refractivity contribution in [2.75, 3.05) is 54.2 Å². The Bertz CT molecular complexity index is 2750. The topological polar surface area (TPSA) is 265 Å². The fourth-order valence-corrected chi connectivity index (χ4v) is 10.7. The van der Waals surface area contributed by atoms with Crippen molar-refractivity contribution in [1.29, 1.82) is 0 Å². The molecule has 2 heterocycles. The van der Waals surface area contributed by atoms with Gasteiger partial charge in [-0.2, -0.15) is 5.10 Å². The minimum absolute atomic E-state index is 0.00303. The standard InChI is InChI=1S/C63H94N8O14S/c1-16-42(8)56(66-58(77)51-19-17-18-29-68(51)13)60(78)71(38-83-55(75)34-40(4)5)52(41(6)7)36-53(84-44(10)72)59-65-50(37-86-59)57(76)64-47(33-39(2)3)35-45-20-24-49(25-21-45)85-62(80)69(14)63(11,12)61(79)70(15)67-43(9)46-22-26-48(27-23-46)82-32-31-81-30-28-54(73)74/h20-27,37,39-42,47,51-53,56H,16-19,28-36,38H2,1-15H3,(H,64,76)(H,66,77)(H,73,74)/b67-43-. The number of carbonyl (C=O) groups is 8. The number of hydrazone groups is 1. The number of hydrogen-bond acceptors (Lipinski definition) is 17. The van der Waals surface area contributed by atoms with E-state index in [0.717, 1.165) is 41.9 Å². The molecule has 5 amide bonds. The van der Waals surface area contributed by atoms with E-state index in [9.17, 15) is 33.6 Å². The molecule has 1 aromatic heterocycles. The molecule has 6 atom stereocenters. The van der Waals surface area contributed by atoms with Gasteiger partial charge in [-0.15, -0.1) is 11.3 Å². The number of carboxylic acid groups (broad SMARTS) is 1. The minimum Gasteiger partial charge on any atom is -0.491 e. The van der Waals surface area contributed by atoms with Gasteiger partial charge < -0.3 is 44.3 Å². The maximum atomic E-state index is 15.0. The van der Waals surface area contributed by atoms with Gasteiger partial charge in [0.05, 0.1) is 31.4 Å². The monoisotopic (exact) mass is 1220 g/mol. The lowest BCUT2D eigenvalue weighted by Gasteiger charge is -2.39. The number of nitrogens with zero attached hydrogens (tertiary/aromatic N) is 6. The summed E-state index contributed by atoms with van der Waals surface area (Å²) >= 11 is 1.14. The Kier molecular flexibility index (Phi) is 28.6. The zero-order valence-electron chi connectivity index (χ0n) is 53.1. The average molecular weight is 1220 g/mol. The predicted octanol–water partition coefficient (Wildman–Crippen LogP) is 8.90. The Balaban J connectivity index is 1.45. The molecule has 86 heavy (non-hydrogen) atoms. The van der Waals surface area contributed by atoms with Crippen LogP contribution < -0.4 is 20.1 Å². The minimum atomic E-state index is -1.38. The molecule has 3 N–H and O–H groups in total. The highest BCUT2D eigenvalue weighted by Gasteiger charge is 2.41. The average Bonchev–Trinajstić information content (AvgIpc) is 2.03. The number of carboxylic acids is 1. The van der Waals surface area contributed by atoms with Crippen molar-refractivity contribution in [3.8, 4) is 11.5 Å². The molecule has 3 aromatic rings. The number of amides is 5. The number of likely N-dealkylation sites (N-methyl/N-ethyl adjacent to an activating group) is 3. The number of thiazole rings is 1. The van der Waals surface area contributed by atoms with Crippen molar-refractivity contribution in [2.45, 2.75) is 177 Å². The summed E-state index contributed by atoms with van der Waals surface area (Å²) in [5.41, 5.74) is 0.830. The Morgan fingerprint density at radius 2 is 1.52 bits per heavy atom. The quantitative estimate of drug-likeness (QED) is 0.0169. The van der Waals surface area contributed by atoms with E-state index in [1.165, 1.54) is 35.8 Å². The molecule has 6 unspecified atom stereocenters. The smallest absolute Gasteiger partial charge is 0.415 e. The van der Waals surface area contributed by atoms with Crippen molar-refractivity contribution in [3.63, 3.8) is 0 Å². The van der Waals surface area contributed by atoms with Gasteiger partial charge in [-0.1, -0.05) is 80.4 Å². The Labute approximate surface area is 512 Å². The molecule has 0 spiro atoms. The summed E-state index contributed by atoms with van der Waals surface area (Å²) in [6.07, 6.45) is 2.45. The number of rotatable bonds is 33. The normalized spacial score (nSPS) is 15.7. The Morgan fingerprint density at radius 3 is 2.12 bits per heavy atom. The summed E-state index contributed by atoms with van der Waals surface area (Å²) in [7, 11) is 4.88. The molecule has 0 radical (unpaired) electrons. The number of carbonyl (C=O) groups excluding carboxylic acids is 7. The van der Waals surface area contributed by atoms with Gasteiger partial charge in [0.2, 0.25) is 11.8 Å². The molecular formula is C63H94N8O14S. The highest BCUT2D eigenvalue weighted by atomic mass is 32.1. The van der Waals surface area contributed by atoms with Crippen LogP contribution in [0.25, 0.3) is 0 Å². The fourth-order valence-electron chi connectivity index (χ4n) is 9.83. The number of esters is 2. The van der Waals surface area contributed by atoms with E-state index in [1.807, 2.05) is 67.3 Å². The summed E-state index contributed by atoms with van der Waals surface area (Å²) in [5, 5.41) is 22.5. The number of ether oxygens (including phenoxy) is 5. The molecule has 1 aliphatic heterocycles. The van der Waals surface area contributed by atoms with Crippen LogP contribution in [-0.2, 0) is 49.4 Å². The molecule has 0 aliphatic carbocycles. The second-order valence-electron chi connectivity index (χ2n) is 23.9. The molecule has 22 nitrogen and oxygen atoms in total. The Hall–Kier alpha value is -6.98. The lowest BCUT2D eigenvalue weighted by Crippen LogP contribution is -2.59. The third-order valence-corrected chi connectivity index (χ3v) is 16.1. The van der Waals surface area contributed by atoms with E-state index in [1.54, 1.807) is 74.7 Å². The third kappa shape index (κ3) is 22.4. The highest BCUT2D eigenvalue weighted by Crippen LogP contribution is 2.32. The van der Waals surface area contributed by atoms with Crippen LogP contribution in [0.5, 0.6) is 11.5 Å². The SMILES string of the molecule is CCC(C)C(NC(=O)C1CCCCN1C)C(=O)N(COC(=O)CC(C)C)C(CC(OC(C)=O)c1nc(C(=O)NC(Cc2ccc(OC(=O)N(C)C(C)(C)C(=O)N(C)/N=C(/C)c3ccc(OCCOCCC(=O)O)cc3)cc2)CC(C)C)cs1)C(C)C. The zero-order valence-corrected chi connectivity index (χ0v) is 54.0. The highest BCUT2D eigenvalue weighted by molar-refractivity contribution is 7.09. The largest absolute Gasteiger partial charge is 0.491 e. The number of aromatic nitrogens is 1. The van der Waals surface area contributed by atoms with Crippen LogP contribution in [-0.4, -0.2) is 167 Å². The van der Waals surface area contributed by atoms with E-state index in [2.05, 4.69) is 15.7 Å². The molecule has 476 valence electrons. The van der Waals surface area contributed by atoms with Crippen LogP contribution in [0, 0.1) is 23.7 Å². The number of likely N-dealkylation sites (tertiary alicyclic amines) is 1. The molecule has 23 heteroatoms. The van der Waals surface area contributed by atoms with E-state index >= 15 is 4.79 Å². The number of aliphatic carboxylic acids is 1. The molecule has 0 saturated carbocycles. The zero-order chi connectivity index (χ0) is 64.0.